The van der Waals surface area contributed by atoms with E-state index in [4.69, 9.17) is 5.10 Å². The minimum Gasteiger partial charge on any atom is -0.478 e. The van der Waals surface area contributed by atoms with Crippen LogP contribution in [0.4, 0.5) is 0 Å². The van der Waals surface area contributed by atoms with Crippen LogP contribution < -0.4 is 0 Å². The maximum atomic E-state index is 11.4. The average molecular weight is 492 g/mol. The number of aromatic nitrogens is 3. The van der Waals surface area contributed by atoms with E-state index in [-0.39, 0.29) is 22.3 Å². The molecule has 2 aromatic carbocycles. The Morgan fingerprint density at radius 1 is 1.03 bits per heavy atom. The summed E-state index contributed by atoms with van der Waals surface area (Å²) in [5, 5.41) is 17.6. The number of pyridine rings is 1. The zero-order chi connectivity index (χ0) is 25.9. The molecule has 0 saturated heterocycles. The van der Waals surface area contributed by atoms with Crippen molar-refractivity contribution in [1.82, 2.24) is 15.2 Å². The molecule has 0 amide bonds. The number of nitrogens with zero attached hydrogens (tertiary/aromatic N) is 2. The summed E-state index contributed by atoms with van der Waals surface area (Å²) in [6.07, 6.45) is 7.93. The largest absolute Gasteiger partial charge is 0.478 e. The fraction of sp³-hybridized carbons (Fsp3) is 0.344. The highest BCUT2D eigenvalue weighted by Crippen LogP contribution is 2.51. The fourth-order valence-corrected chi connectivity index (χ4v) is 6.35. The Morgan fingerprint density at radius 3 is 2.38 bits per heavy atom. The smallest absolute Gasteiger partial charge is 0.335 e. The Hall–Kier alpha value is -3.73. The summed E-state index contributed by atoms with van der Waals surface area (Å²) in [6, 6.07) is 16.1. The van der Waals surface area contributed by atoms with E-state index in [0.717, 1.165) is 29.8 Å². The first-order valence-corrected chi connectivity index (χ1v) is 13.1. The number of fused-ring (bicyclic) bond motifs is 4. The Morgan fingerprint density at radius 2 is 1.73 bits per heavy atom. The number of nitrogens with one attached hydrogen (secondary N) is 1. The van der Waals surface area contributed by atoms with Crippen molar-refractivity contribution in [3.05, 3.63) is 94.3 Å². The molecule has 0 bridgehead atoms. The number of hydrogen-bond donors (Lipinski definition) is 2. The first-order chi connectivity index (χ1) is 17.6. The molecule has 5 nitrogen and oxygen atoms in total. The molecule has 0 aliphatic heterocycles. The van der Waals surface area contributed by atoms with Gasteiger partial charge in [0.25, 0.3) is 0 Å². The second kappa shape index (κ2) is 8.41. The van der Waals surface area contributed by atoms with Gasteiger partial charge in [0.15, 0.2) is 0 Å². The van der Waals surface area contributed by atoms with Gasteiger partial charge in [-0.3, -0.25) is 10.1 Å². The monoisotopic (exact) mass is 491 g/mol. The third-order valence-electron chi connectivity index (χ3n) is 8.63. The van der Waals surface area contributed by atoms with E-state index >= 15 is 0 Å². The van der Waals surface area contributed by atoms with Crippen molar-refractivity contribution in [3.8, 4) is 22.5 Å². The predicted octanol–water partition coefficient (Wildman–Crippen LogP) is 7.07. The molecule has 0 saturated carbocycles. The van der Waals surface area contributed by atoms with Crippen molar-refractivity contribution in [2.45, 2.75) is 70.1 Å². The third kappa shape index (κ3) is 3.97. The summed E-state index contributed by atoms with van der Waals surface area (Å²) in [4.78, 5) is 15.8. The summed E-state index contributed by atoms with van der Waals surface area (Å²) in [6.45, 7) is 9.49. The molecular weight excluding hydrogens is 458 g/mol. The molecule has 2 aliphatic carbocycles. The minimum absolute atomic E-state index is 0.127. The van der Waals surface area contributed by atoms with E-state index in [1.807, 2.05) is 30.6 Å². The van der Waals surface area contributed by atoms with Crippen molar-refractivity contribution in [1.29, 1.82) is 0 Å². The molecule has 2 aliphatic rings. The summed E-state index contributed by atoms with van der Waals surface area (Å²) < 4.78 is 0. The normalized spacial score (nSPS) is 19.0. The summed E-state index contributed by atoms with van der Waals surface area (Å²) in [7, 11) is 0. The molecule has 0 spiro atoms. The van der Waals surface area contributed by atoms with Crippen LogP contribution in [0.25, 0.3) is 22.5 Å². The summed E-state index contributed by atoms with van der Waals surface area (Å²) in [5.41, 5.74) is 11.5. The van der Waals surface area contributed by atoms with Gasteiger partial charge in [0.1, 0.15) is 0 Å². The van der Waals surface area contributed by atoms with Crippen LogP contribution in [-0.2, 0) is 23.7 Å². The number of carboxylic acid groups (broad SMARTS) is 1. The van der Waals surface area contributed by atoms with E-state index < -0.39 is 5.97 Å². The Bertz CT molecular complexity index is 1500. The average Bonchev–Trinajstić information content (AvgIpc) is 3.33. The lowest BCUT2D eigenvalue weighted by molar-refractivity contribution is 0.0697. The van der Waals surface area contributed by atoms with Crippen LogP contribution in [0.2, 0.25) is 0 Å². The van der Waals surface area contributed by atoms with E-state index in [1.54, 1.807) is 12.1 Å². The number of carbonyl (C=O) groups is 1. The van der Waals surface area contributed by atoms with Crippen LogP contribution in [0.15, 0.2) is 60.9 Å². The fourth-order valence-electron chi connectivity index (χ4n) is 6.35. The molecule has 5 heteroatoms. The molecule has 6 rings (SSSR count). The molecule has 0 radical (unpaired) electrons. The quantitative estimate of drug-likeness (QED) is 0.320. The van der Waals surface area contributed by atoms with Gasteiger partial charge in [-0.2, -0.15) is 5.10 Å². The maximum absolute atomic E-state index is 11.4. The van der Waals surface area contributed by atoms with Gasteiger partial charge >= 0.3 is 5.97 Å². The Balaban J connectivity index is 1.53. The van der Waals surface area contributed by atoms with Crippen LogP contribution >= 0.6 is 0 Å². The summed E-state index contributed by atoms with van der Waals surface area (Å²) in [5.74, 6) is -0.688. The zero-order valence-electron chi connectivity index (χ0n) is 21.9. The van der Waals surface area contributed by atoms with Crippen molar-refractivity contribution < 1.29 is 9.90 Å². The van der Waals surface area contributed by atoms with Crippen LogP contribution in [0, 0.1) is 0 Å². The van der Waals surface area contributed by atoms with Gasteiger partial charge in [-0.05, 0) is 89.0 Å². The second-order valence-electron chi connectivity index (χ2n) is 12.0. The molecule has 2 N–H and O–H groups in total. The highest BCUT2D eigenvalue weighted by Gasteiger charge is 2.40. The van der Waals surface area contributed by atoms with Crippen LogP contribution in [-0.4, -0.2) is 26.3 Å². The molecule has 4 aromatic rings. The Labute approximate surface area is 218 Å². The second-order valence-corrected chi connectivity index (χ2v) is 12.0. The van der Waals surface area contributed by atoms with Crippen molar-refractivity contribution >= 4 is 5.97 Å². The maximum Gasteiger partial charge on any atom is 0.335 e. The van der Waals surface area contributed by atoms with Gasteiger partial charge in [0.2, 0.25) is 0 Å². The van der Waals surface area contributed by atoms with E-state index in [2.05, 4.69) is 56.0 Å². The first kappa shape index (κ1) is 23.7. The lowest BCUT2D eigenvalue weighted by atomic mass is 9.61. The first-order valence-electron chi connectivity index (χ1n) is 13.1. The number of H-pyrrole nitrogens is 1. The molecule has 1 unspecified atom stereocenters. The third-order valence-corrected chi connectivity index (χ3v) is 8.63. The SMILES string of the molecule is CC1(C)CCC(C)(C)c2cc3c(cc21)CC(Cc1cccnc1)c1c(-c2ccc(C(=O)O)cc2)n[nH]c1-3. The van der Waals surface area contributed by atoms with Gasteiger partial charge < -0.3 is 5.11 Å². The van der Waals surface area contributed by atoms with E-state index in [9.17, 15) is 9.90 Å². The Kier molecular flexibility index (Phi) is 5.37. The standard InChI is InChI=1S/C32H33N3O2/c1-31(2)11-12-32(3,4)26-17-24-22(16-25(26)31)15-23(14-19-6-5-13-33-18-19)27-28(34-35-29(24)27)20-7-9-21(10-8-20)30(36)37/h5-10,13,16-18,23H,11-12,14-15H2,1-4H3,(H,34,35)(H,36,37). The molecular formula is C32H33N3O2. The minimum atomic E-state index is -0.922. The molecule has 0 fully saturated rings. The topological polar surface area (TPSA) is 78.9 Å². The van der Waals surface area contributed by atoms with Crippen LogP contribution in [0.3, 0.4) is 0 Å². The van der Waals surface area contributed by atoms with Crippen LogP contribution in [0.1, 0.15) is 84.6 Å². The summed E-state index contributed by atoms with van der Waals surface area (Å²) >= 11 is 0. The highest BCUT2D eigenvalue weighted by molar-refractivity contribution is 5.88. The molecule has 2 heterocycles. The number of aromatic amines is 1. The van der Waals surface area contributed by atoms with Crippen LogP contribution in [0.5, 0.6) is 0 Å². The molecule has 2 aromatic heterocycles. The lowest BCUT2D eigenvalue weighted by Crippen LogP contribution is -2.34. The van der Waals surface area contributed by atoms with Gasteiger partial charge in [0.05, 0.1) is 17.0 Å². The molecule has 37 heavy (non-hydrogen) atoms. The molecule has 188 valence electrons. The van der Waals surface area contributed by atoms with Crippen molar-refractivity contribution in [3.63, 3.8) is 0 Å². The van der Waals surface area contributed by atoms with E-state index in [1.165, 1.54) is 46.2 Å². The number of benzene rings is 2. The number of hydrogen-bond acceptors (Lipinski definition) is 3. The predicted molar refractivity (Wildman–Crippen MR) is 146 cm³/mol. The van der Waals surface area contributed by atoms with Crippen molar-refractivity contribution in [2.24, 2.45) is 0 Å². The van der Waals surface area contributed by atoms with Gasteiger partial charge in [-0.25, -0.2) is 4.79 Å². The van der Waals surface area contributed by atoms with Gasteiger partial charge in [-0.15, -0.1) is 0 Å². The van der Waals surface area contributed by atoms with Crippen molar-refractivity contribution in [2.75, 3.05) is 0 Å². The zero-order valence-corrected chi connectivity index (χ0v) is 21.9. The van der Waals surface area contributed by atoms with Gasteiger partial charge in [-0.1, -0.05) is 52.0 Å². The molecule has 1 atom stereocenters. The highest BCUT2D eigenvalue weighted by atomic mass is 16.4. The van der Waals surface area contributed by atoms with Gasteiger partial charge in [0, 0.05) is 29.1 Å². The number of carboxylic acids is 1. The lowest BCUT2D eigenvalue weighted by Gasteiger charge is -2.43. The van der Waals surface area contributed by atoms with E-state index in [0.29, 0.717) is 0 Å². The number of rotatable bonds is 4. The number of aromatic carboxylic acids is 1.